The Hall–Kier alpha value is -4.26. The van der Waals surface area contributed by atoms with Crippen LogP contribution in [0.2, 0.25) is 0 Å². The van der Waals surface area contributed by atoms with Crippen molar-refractivity contribution < 1.29 is 14.0 Å². The third kappa shape index (κ3) is 5.68. The molecule has 1 heterocycles. The minimum absolute atomic E-state index is 0.136. The molecule has 0 saturated carbocycles. The van der Waals surface area contributed by atoms with E-state index in [9.17, 15) is 14.0 Å². The zero-order valence-electron chi connectivity index (χ0n) is 20.7. The summed E-state index contributed by atoms with van der Waals surface area (Å²) in [4.78, 5) is 27.6. The Morgan fingerprint density at radius 2 is 1.69 bits per heavy atom. The summed E-state index contributed by atoms with van der Waals surface area (Å²) >= 11 is 0. The number of amides is 2. The number of rotatable bonds is 8. The lowest BCUT2D eigenvalue weighted by Gasteiger charge is -2.22. The van der Waals surface area contributed by atoms with Crippen molar-refractivity contribution in [2.24, 2.45) is 0 Å². The zero-order valence-corrected chi connectivity index (χ0v) is 20.7. The number of hydrogen-bond acceptors (Lipinski definition) is 3. The minimum Gasteiger partial charge on any atom is -0.329 e. The van der Waals surface area contributed by atoms with Crippen molar-refractivity contribution in [1.82, 2.24) is 14.7 Å². The van der Waals surface area contributed by atoms with Crippen LogP contribution >= 0.6 is 0 Å². The molecule has 4 aromatic rings. The van der Waals surface area contributed by atoms with Gasteiger partial charge in [-0.05, 0) is 56.2 Å². The van der Waals surface area contributed by atoms with Gasteiger partial charge in [0.2, 0.25) is 5.91 Å². The first-order valence-corrected chi connectivity index (χ1v) is 11.9. The summed E-state index contributed by atoms with van der Waals surface area (Å²) in [6.45, 7) is 6.22. The van der Waals surface area contributed by atoms with E-state index >= 15 is 0 Å². The lowest BCUT2D eigenvalue weighted by Crippen LogP contribution is -2.38. The van der Waals surface area contributed by atoms with Crippen LogP contribution in [0.4, 0.5) is 10.2 Å². The van der Waals surface area contributed by atoms with Gasteiger partial charge in [0.1, 0.15) is 18.2 Å². The van der Waals surface area contributed by atoms with Crippen molar-refractivity contribution >= 4 is 17.6 Å². The summed E-state index contributed by atoms with van der Waals surface area (Å²) in [6.07, 6.45) is 0.679. The molecule has 0 radical (unpaired) electrons. The first-order chi connectivity index (χ1) is 17.4. The van der Waals surface area contributed by atoms with Gasteiger partial charge in [-0.1, -0.05) is 55.0 Å². The maximum Gasteiger partial charge on any atom is 0.254 e. The number of anilines is 1. The third-order valence-electron chi connectivity index (χ3n) is 5.83. The van der Waals surface area contributed by atoms with E-state index in [0.717, 1.165) is 28.1 Å². The molecule has 0 fully saturated rings. The maximum atomic E-state index is 13.3. The smallest absolute Gasteiger partial charge is 0.254 e. The van der Waals surface area contributed by atoms with E-state index in [0.29, 0.717) is 24.3 Å². The van der Waals surface area contributed by atoms with Crippen molar-refractivity contribution in [2.45, 2.75) is 27.2 Å². The Kier molecular flexibility index (Phi) is 7.59. The molecule has 0 unspecified atom stereocenters. The van der Waals surface area contributed by atoms with Crippen molar-refractivity contribution in [3.63, 3.8) is 0 Å². The number of benzene rings is 3. The van der Waals surface area contributed by atoms with Crippen LogP contribution in [0.1, 0.15) is 34.8 Å². The largest absolute Gasteiger partial charge is 0.329 e. The lowest BCUT2D eigenvalue weighted by molar-refractivity contribution is -0.116. The second-order valence-electron chi connectivity index (χ2n) is 8.76. The third-order valence-corrected chi connectivity index (χ3v) is 5.83. The van der Waals surface area contributed by atoms with Gasteiger partial charge in [-0.3, -0.25) is 9.59 Å². The Morgan fingerprint density at radius 3 is 2.36 bits per heavy atom. The molecule has 4 rings (SSSR count). The molecular formula is C29H29FN4O2. The average molecular weight is 485 g/mol. The highest BCUT2D eigenvalue weighted by Crippen LogP contribution is 2.26. The van der Waals surface area contributed by atoms with E-state index < -0.39 is 5.82 Å². The fourth-order valence-electron chi connectivity index (χ4n) is 4.10. The van der Waals surface area contributed by atoms with Crippen LogP contribution in [0.5, 0.6) is 0 Å². The Labute approximate surface area is 210 Å². The number of aryl methyl sites for hydroxylation is 2. The molecule has 0 aliphatic heterocycles. The fourth-order valence-corrected chi connectivity index (χ4v) is 4.10. The summed E-state index contributed by atoms with van der Waals surface area (Å²) in [5.41, 5.74) is 4.99. The summed E-state index contributed by atoms with van der Waals surface area (Å²) in [5, 5.41) is 7.74. The molecule has 7 heteroatoms. The van der Waals surface area contributed by atoms with Gasteiger partial charge in [0.05, 0.1) is 11.4 Å². The first kappa shape index (κ1) is 24.9. The van der Waals surface area contributed by atoms with E-state index in [-0.39, 0.29) is 18.4 Å². The SMILES string of the molecule is CCCN(CC(=O)Nc1cc(-c2ccccc2)nn1-c1ccc(C)cc1C)C(=O)c1ccc(F)cc1. The highest BCUT2D eigenvalue weighted by atomic mass is 19.1. The second kappa shape index (κ2) is 11.0. The Bertz CT molecular complexity index is 1360. The number of carbonyl (C=O) groups is 2. The molecule has 1 aromatic heterocycles. The maximum absolute atomic E-state index is 13.3. The molecule has 6 nitrogen and oxygen atoms in total. The van der Waals surface area contributed by atoms with E-state index in [4.69, 9.17) is 5.10 Å². The molecular weight excluding hydrogens is 455 g/mol. The van der Waals surface area contributed by atoms with E-state index in [1.54, 1.807) is 4.68 Å². The number of halogens is 1. The van der Waals surface area contributed by atoms with Crippen LogP contribution in [0.25, 0.3) is 16.9 Å². The standard InChI is InChI=1S/C29H29FN4O2/c1-4-16-33(29(36)23-11-13-24(30)14-12-23)19-28(35)31-27-18-25(22-8-6-5-7-9-22)32-34(27)26-15-10-20(2)17-21(26)3/h5-15,17-18H,4,16,19H2,1-3H3,(H,31,35). The van der Waals surface area contributed by atoms with Crippen molar-refractivity contribution in [1.29, 1.82) is 0 Å². The number of aromatic nitrogens is 2. The predicted octanol–water partition coefficient (Wildman–Crippen LogP) is 5.79. The highest BCUT2D eigenvalue weighted by molar-refractivity contribution is 5.99. The van der Waals surface area contributed by atoms with Gasteiger partial charge >= 0.3 is 0 Å². The molecule has 3 aromatic carbocycles. The van der Waals surface area contributed by atoms with Crippen LogP contribution in [0.15, 0.2) is 78.9 Å². The molecule has 0 aliphatic carbocycles. The monoisotopic (exact) mass is 484 g/mol. The average Bonchev–Trinajstić information content (AvgIpc) is 3.27. The highest BCUT2D eigenvalue weighted by Gasteiger charge is 2.21. The van der Waals surface area contributed by atoms with Crippen molar-refractivity contribution in [3.05, 3.63) is 101 Å². The summed E-state index contributed by atoms with van der Waals surface area (Å²) in [5.74, 6) is -0.569. The van der Waals surface area contributed by atoms with Crippen LogP contribution in [0.3, 0.4) is 0 Å². The van der Waals surface area contributed by atoms with Gasteiger partial charge in [0, 0.05) is 23.7 Å². The van der Waals surface area contributed by atoms with E-state index in [2.05, 4.69) is 11.4 Å². The molecule has 36 heavy (non-hydrogen) atoms. The van der Waals surface area contributed by atoms with Crippen LogP contribution in [0, 0.1) is 19.7 Å². The fraction of sp³-hybridized carbons (Fsp3) is 0.207. The molecule has 0 atom stereocenters. The molecule has 1 N–H and O–H groups in total. The minimum atomic E-state index is -0.416. The van der Waals surface area contributed by atoms with Crippen LogP contribution in [-0.2, 0) is 4.79 Å². The van der Waals surface area contributed by atoms with Gasteiger partial charge in [0.15, 0.2) is 0 Å². The summed E-state index contributed by atoms with van der Waals surface area (Å²) in [6, 6.07) is 23.0. The van der Waals surface area contributed by atoms with Crippen molar-refractivity contribution in [2.75, 3.05) is 18.4 Å². The van der Waals surface area contributed by atoms with Gasteiger partial charge in [-0.2, -0.15) is 5.10 Å². The number of hydrogen-bond donors (Lipinski definition) is 1. The molecule has 184 valence electrons. The normalized spacial score (nSPS) is 10.8. The molecule has 0 aliphatic rings. The number of nitrogens with one attached hydrogen (secondary N) is 1. The quantitative estimate of drug-likeness (QED) is 0.344. The number of nitrogens with zero attached hydrogens (tertiary/aromatic N) is 3. The van der Waals surface area contributed by atoms with Crippen LogP contribution in [-0.4, -0.2) is 39.6 Å². The topological polar surface area (TPSA) is 67.2 Å². The van der Waals surface area contributed by atoms with Gasteiger partial charge in [0.25, 0.3) is 5.91 Å². The molecule has 0 saturated heterocycles. The van der Waals surface area contributed by atoms with Crippen molar-refractivity contribution in [3.8, 4) is 16.9 Å². The second-order valence-corrected chi connectivity index (χ2v) is 8.76. The van der Waals surface area contributed by atoms with Gasteiger partial charge < -0.3 is 10.2 Å². The van der Waals surface area contributed by atoms with E-state index in [1.165, 1.54) is 29.2 Å². The first-order valence-electron chi connectivity index (χ1n) is 11.9. The van der Waals surface area contributed by atoms with E-state index in [1.807, 2.05) is 69.3 Å². The van der Waals surface area contributed by atoms with Gasteiger partial charge in [-0.25, -0.2) is 9.07 Å². The van der Waals surface area contributed by atoms with Crippen LogP contribution < -0.4 is 5.32 Å². The molecule has 2 amide bonds. The predicted molar refractivity (Wildman–Crippen MR) is 140 cm³/mol. The Morgan fingerprint density at radius 1 is 0.972 bits per heavy atom. The number of carbonyl (C=O) groups excluding carboxylic acids is 2. The van der Waals surface area contributed by atoms with Gasteiger partial charge in [-0.15, -0.1) is 0 Å². The summed E-state index contributed by atoms with van der Waals surface area (Å²) < 4.78 is 15.0. The Balaban J connectivity index is 1.62. The lowest BCUT2D eigenvalue weighted by atomic mass is 10.1. The molecule has 0 bridgehead atoms. The molecule has 0 spiro atoms. The summed E-state index contributed by atoms with van der Waals surface area (Å²) in [7, 11) is 0. The zero-order chi connectivity index (χ0) is 25.7.